The third-order valence-electron chi connectivity index (χ3n) is 3.17. The monoisotopic (exact) mass is 274 g/mol. The Morgan fingerprint density at radius 3 is 2.68 bits per heavy atom. The van der Waals surface area contributed by atoms with E-state index in [4.69, 9.17) is 11.1 Å². The summed E-state index contributed by atoms with van der Waals surface area (Å²) in [4.78, 5) is 7.72. The van der Waals surface area contributed by atoms with E-state index in [1.807, 2.05) is 31.5 Å². The second kappa shape index (κ2) is 5.40. The Labute approximate surface area is 117 Å². The molecule has 0 unspecified atom stereocenters. The van der Waals surface area contributed by atoms with Gasteiger partial charge in [0.2, 0.25) is 0 Å². The van der Waals surface area contributed by atoms with E-state index in [0.29, 0.717) is 0 Å². The molecule has 0 saturated carbocycles. The number of nitrogens with two attached hydrogens (primary N) is 1. The van der Waals surface area contributed by atoms with E-state index < -0.39 is 0 Å². The third kappa shape index (κ3) is 2.93. The van der Waals surface area contributed by atoms with Gasteiger partial charge in [-0.15, -0.1) is 11.3 Å². The zero-order valence-corrected chi connectivity index (χ0v) is 12.2. The molecule has 0 aliphatic rings. The van der Waals surface area contributed by atoms with Crippen LogP contribution >= 0.6 is 11.3 Å². The Kier molecular flexibility index (Phi) is 3.85. The van der Waals surface area contributed by atoms with Crippen LogP contribution in [-0.4, -0.2) is 17.9 Å². The van der Waals surface area contributed by atoms with Gasteiger partial charge in [-0.2, -0.15) is 0 Å². The molecule has 5 heteroatoms. The first-order valence-corrected chi connectivity index (χ1v) is 6.92. The second-order valence-corrected chi connectivity index (χ2v) is 5.57. The molecule has 2 rings (SSSR count). The highest BCUT2D eigenvalue weighted by Crippen LogP contribution is 2.22. The number of nitrogens with one attached hydrogen (secondary N) is 1. The van der Waals surface area contributed by atoms with E-state index >= 15 is 0 Å². The van der Waals surface area contributed by atoms with Gasteiger partial charge in [0.1, 0.15) is 5.84 Å². The van der Waals surface area contributed by atoms with Gasteiger partial charge >= 0.3 is 0 Å². The van der Waals surface area contributed by atoms with E-state index in [-0.39, 0.29) is 5.84 Å². The maximum Gasteiger partial charge on any atom is 0.123 e. The van der Waals surface area contributed by atoms with Crippen LogP contribution in [0.3, 0.4) is 0 Å². The molecule has 0 aliphatic carbocycles. The van der Waals surface area contributed by atoms with Crippen LogP contribution < -0.4 is 10.6 Å². The number of benzene rings is 1. The lowest BCUT2D eigenvalue weighted by atomic mass is 10.1. The van der Waals surface area contributed by atoms with Crippen molar-refractivity contribution in [1.29, 1.82) is 5.41 Å². The fraction of sp³-hybridized carbons (Fsp3) is 0.286. The van der Waals surface area contributed by atoms with Gasteiger partial charge in [-0.05, 0) is 37.6 Å². The SMILES string of the molecule is Cc1cc(N(C)Cc2scnc2C)ccc1C(=N)N. The average Bonchev–Trinajstić information content (AvgIpc) is 2.74. The molecule has 19 heavy (non-hydrogen) atoms. The van der Waals surface area contributed by atoms with Gasteiger partial charge in [0.25, 0.3) is 0 Å². The molecule has 1 aromatic carbocycles. The van der Waals surface area contributed by atoms with Crippen molar-refractivity contribution in [2.45, 2.75) is 20.4 Å². The Balaban J connectivity index is 2.20. The molecule has 0 fully saturated rings. The van der Waals surface area contributed by atoms with Gasteiger partial charge in [-0.1, -0.05) is 0 Å². The molecule has 100 valence electrons. The van der Waals surface area contributed by atoms with Crippen molar-refractivity contribution in [1.82, 2.24) is 4.98 Å². The quantitative estimate of drug-likeness (QED) is 0.665. The lowest BCUT2D eigenvalue weighted by Gasteiger charge is -2.20. The summed E-state index contributed by atoms with van der Waals surface area (Å²) in [6, 6.07) is 5.97. The number of anilines is 1. The fourth-order valence-electron chi connectivity index (χ4n) is 1.97. The number of aromatic nitrogens is 1. The van der Waals surface area contributed by atoms with Crippen molar-refractivity contribution in [3.8, 4) is 0 Å². The Hall–Kier alpha value is -1.88. The van der Waals surface area contributed by atoms with Crippen LogP contribution in [0.1, 0.15) is 21.7 Å². The van der Waals surface area contributed by atoms with E-state index in [9.17, 15) is 0 Å². The molecule has 0 spiro atoms. The summed E-state index contributed by atoms with van der Waals surface area (Å²) in [7, 11) is 2.06. The molecule has 1 aromatic heterocycles. The summed E-state index contributed by atoms with van der Waals surface area (Å²) in [6.07, 6.45) is 0. The number of nitrogen functional groups attached to an aromatic ring is 1. The molecule has 2 aromatic rings. The van der Waals surface area contributed by atoms with Crippen LogP contribution in [0.15, 0.2) is 23.7 Å². The molecule has 0 bridgehead atoms. The minimum absolute atomic E-state index is 0.116. The number of amidine groups is 1. The second-order valence-electron chi connectivity index (χ2n) is 4.63. The van der Waals surface area contributed by atoms with Crippen molar-refractivity contribution in [2.24, 2.45) is 5.73 Å². The minimum atomic E-state index is 0.116. The first-order chi connectivity index (χ1) is 8.99. The van der Waals surface area contributed by atoms with Gasteiger partial charge in [0.15, 0.2) is 0 Å². The number of thiazole rings is 1. The molecule has 3 N–H and O–H groups in total. The fourth-order valence-corrected chi connectivity index (χ4v) is 2.80. The van der Waals surface area contributed by atoms with E-state index in [2.05, 4.69) is 23.0 Å². The van der Waals surface area contributed by atoms with Crippen LogP contribution in [0.2, 0.25) is 0 Å². The molecule has 0 saturated heterocycles. The molecular weight excluding hydrogens is 256 g/mol. The van der Waals surface area contributed by atoms with Gasteiger partial charge < -0.3 is 10.6 Å². The molecule has 0 atom stereocenters. The van der Waals surface area contributed by atoms with Crippen LogP contribution in [0.25, 0.3) is 0 Å². The highest BCUT2D eigenvalue weighted by molar-refractivity contribution is 7.09. The van der Waals surface area contributed by atoms with Crippen molar-refractivity contribution in [3.05, 3.63) is 45.4 Å². The molecule has 0 aliphatic heterocycles. The highest BCUT2D eigenvalue weighted by Gasteiger charge is 2.09. The normalized spacial score (nSPS) is 10.5. The molecule has 4 nitrogen and oxygen atoms in total. The molecular formula is C14H18N4S. The van der Waals surface area contributed by atoms with Crippen LogP contribution in [0.5, 0.6) is 0 Å². The number of aryl methyl sites for hydroxylation is 2. The van der Waals surface area contributed by atoms with Crippen molar-refractivity contribution in [2.75, 3.05) is 11.9 Å². The van der Waals surface area contributed by atoms with Crippen LogP contribution in [-0.2, 0) is 6.54 Å². The van der Waals surface area contributed by atoms with Gasteiger partial charge in [0, 0.05) is 23.2 Å². The maximum atomic E-state index is 7.50. The largest absolute Gasteiger partial charge is 0.384 e. The van der Waals surface area contributed by atoms with Gasteiger partial charge in [0.05, 0.1) is 17.7 Å². The summed E-state index contributed by atoms with van der Waals surface area (Å²) >= 11 is 1.68. The zero-order valence-electron chi connectivity index (χ0n) is 11.4. The van der Waals surface area contributed by atoms with Gasteiger partial charge in [-0.3, -0.25) is 5.41 Å². The lowest BCUT2D eigenvalue weighted by Crippen LogP contribution is -2.18. The summed E-state index contributed by atoms with van der Waals surface area (Å²) in [5.74, 6) is 0.116. The maximum absolute atomic E-state index is 7.50. The van der Waals surface area contributed by atoms with E-state index in [1.54, 1.807) is 11.3 Å². The van der Waals surface area contributed by atoms with Crippen LogP contribution in [0.4, 0.5) is 5.69 Å². The summed E-state index contributed by atoms with van der Waals surface area (Å²) < 4.78 is 0. The smallest absolute Gasteiger partial charge is 0.123 e. The third-order valence-corrected chi connectivity index (χ3v) is 4.09. The first kappa shape index (κ1) is 13.5. The predicted octanol–water partition coefficient (Wildman–Crippen LogP) is 2.68. The lowest BCUT2D eigenvalue weighted by molar-refractivity contribution is 0.925. The topological polar surface area (TPSA) is 66.0 Å². The highest BCUT2D eigenvalue weighted by atomic mass is 32.1. The summed E-state index contributed by atoms with van der Waals surface area (Å²) in [5, 5.41) is 7.50. The molecule has 0 radical (unpaired) electrons. The van der Waals surface area contributed by atoms with Crippen molar-refractivity contribution >= 4 is 22.9 Å². The molecule has 1 heterocycles. The Morgan fingerprint density at radius 2 is 2.16 bits per heavy atom. The van der Waals surface area contributed by atoms with Crippen LogP contribution in [0, 0.1) is 19.3 Å². The minimum Gasteiger partial charge on any atom is -0.384 e. The summed E-state index contributed by atoms with van der Waals surface area (Å²) in [6.45, 7) is 4.85. The molecule has 0 amide bonds. The zero-order chi connectivity index (χ0) is 14.0. The van der Waals surface area contributed by atoms with Crippen molar-refractivity contribution < 1.29 is 0 Å². The number of hydrogen-bond acceptors (Lipinski definition) is 4. The van der Waals surface area contributed by atoms with E-state index in [0.717, 1.165) is 29.1 Å². The Bertz CT molecular complexity index is 603. The predicted molar refractivity (Wildman–Crippen MR) is 81.2 cm³/mol. The number of rotatable bonds is 4. The number of nitrogens with zero attached hydrogens (tertiary/aromatic N) is 2. The number of hydrogen-bond donors (Lipinski definition) is 2. The average molecular weight is 274 g/mol. The summed E-state index contributed by atoms with van der Waals surface area (Å²) in [5.41, 5.74) is 11.4. The first-order valence-electron chi connectivity index (χ1n) is 6.04. The Morgan fingerprint density at radius 1 is 1.42 bits per heavy atom. The van der Waals surface area contributed by atoms with Gasteiger partial charge in [-0.25, -0.2) is 4.98 Å². The standard InChI is InChI=1S/C14H18N4S/c1-9-6-11(4-5-12(9)14(15)16)18(3)7-13-10(2)17-8-19-13/h4-6,8H,7H2,1-3H3,(H3,15,16). The van der Waals surface area contributed by atoms with Crippen molar-refractivity contribution in [3.63, 3.8) is 0 Å². The van der Waals surface area contributed by atoms with E-state index in [1.165, 1.54) is 4.88 Å².